The third kappa shape index (κ3) is 12.6. The summed E-state index contributed by atoms with van der Waals surface area (Å²) in [6.45, 7) is 10.4. The number of para-hydroxylation sites is 4. The minimum Gasteiger partial charge on any atom is -0.399 e. The standard InChI is InChI=1S/C64H38N4.C38H24.C33H29BN4O2/c1-2-17-39(18-3-1)61-65-62(67-63(66-61)68-59-31-14-9-26-49(59)50-27-10-15-32-60(50)68)42-20-16-19-40(35-42)41-33-34-45-51(36-41)43-21-4-5-22-44(43)52-37-54-48-25-8-13-30-57(48)64(58(54)38-53(45)52)55-28-11-6-23-46(55)47-24-7-12-29-56(47)64;1-23-18-19-26-30(20-23)24-10-2-3-11-25(24)31-21-33-29-14-6-9-17-36(29)38(37(33)22-32(26)31)34-15-7-4-12-27(34)28-13-5-8-16-35(28)38;1-32(2)33(3,4)40-34(39-32)24-16-12-15-23(21-24)30-35-29(22-13-6-5-7-14-22)36-31(37-30)38-27-19-10-8-17-25(27)26-18-9-11-20-28(26)38/h1-38H;2-22H,1H3;5-21H,1-4H3. The average Bonchev–Trinajstić information content (AvgIpc) is 1.50. The SMILES string of the molecule is CC1(C)OB(c2cccc(-c3nc(-c4ccccc4)nc(-n4c5ccccc5c5ccccc54)n3)c2)OC1(C)C.Cc1ccc2c(c1)c1ccccc1c1cc3c(cc21)C1(c2ccccc2-c2ccccc21)c1ccccc1-3.c1ccc(-c2nc(-c3cccc(-c4ccc5c(c4)c4ccccc4c4cc6c(cc54)C4(c5ccccc5-c5ccccc54)c4ccccc4-6)c3)nc(-n3c4ccccc4c4ccccc43)n2)cc1. The van der Waals surface area contributed by atoms with E-state index in [4.69, 9.17) is 39.2 Å². The summed E-state index contributed by atoms with van der Waals surface area (Å²) in [5.74, 6) is 3.60. The van der Waals surface area contributed by atoms with Crippen LogP contribution in [-0.4, -0.2) is 57.4 Å². The van der Waals surface area contributed by atoms with Crippen LogP contribution in [0.5, 0.6) is 0 Å². The normalized spacial score (nSPS) is 14.2. The van der Waals surface area contributed by atoms with Crippen molar-refractivity contribution in [2.24, 2.45) is 0 Å². The first-order chi connectivity index (χ1) is 71.8. The van der Waals surface area contributed by atoms with Crippen molar-refractivity contribution in [1.29, 1.82) is 0 Å². The summed E-state index contributed by atoms with van der Waals surface area (Å²) in [6, 6.07) is 167. The van der Waals surface area contributed by atoms with Crippen LogP contribution < -0.4 is 5.46 Å². The molecule has 4 aromatic heterocycles. The molecule has 22 aromatic carbocycles. The molecule has 26 aromatic rings. The van der Waals surface area contributed by atoms with E-state index in [2.05, 4.69) is 426 Å². The van der Waals surface area contributed by atoms with Crippen LogP contribution in [0.15, 0.2) is 461 Å². The van der Waals surface area contributed by atoms with Gasteiger partial charge in [-0.05, 0) is 266 Å². The maximum absolute atomic E-state index is 6.33. The van der Waals surface area contributed by atoms with Crippen molar-refractivity contribution in [2.45, 2.75) is 56.7 Å². The van der Waals surface area contributed by atoms with Crippen molar-refractivity contribution >= 4 is 121 Å². The highest BCUT2D eigenvalue weighted by Gasteiger charge is 2.55. The third-order valence-electron chi connectivity index (χ3n) is 32.1. The number of aromatic nitrogens is 8. The van der Waals surface area contributed by atoms with E-state index in [1.807, 2.05) is 78.9 Å². The fourth-order valence-corrected chi connectivity index (χ4v) is 24.9. The molecule has 0 bridgehead atoms. The molecule has 1 aliphatic heterocycles. The van der Waals surface area contributed by atoms with Crippen LogP contribution in [-0.2, 0) is 20.1 Å². The highest BCUT2D eigenvalue weighted by atomic mass is 16.7. The fourth-order valence-electron chi connectivity index (χ4n) is 24.9. The van der Waals surface area contributed by atoms with Gasteiger partial charge < -0.3 is 9.31 Å². The molecule has 11 heteroatoms. The predicted molar refractivity (Wildman–Crippen MR) is 600 cm³/mol. The number of aryl methyl sites for hydroxylation is 1. The molecule has 0 amide bonds. The Morgan fingerprint density at radius 2 is 0.466 bits per heavy atom. The molecule has 0 saturated carbocycles. The molecular formula is C135H91BN8O2. The van der Waals surface area contributed by atoms with E-state index >= 15 is 0 Å². The molecule has 4 aliphatic carbocycles. The van der Waals surface area contributed by atoms with Crippen LogP contribution >= 0.6 is 0 Å². The molecule has 0 atom stereocenters. The Bertz CT molecular complexity index is 9820. The maximum atomic E-state index is 6.33. The highest BCUT2D eigenvalue weighted by molar-refractivity contribution is 6.62. The van der Waals surface area contributed by atoms with Crippen molar-refractivity contribution < 1.29 is 9.31 Å². The first-order valence-electron chi connectivity index (χ1n) is 50.4. The van der Waals surface area contributed by atoms with Gasteiger partial charge in [0, 0.05) is 43.8 Å². The lowest BCUT2D eigenvalue weighted by Gasteiger charge is -2.32. The summed E-state index contributed by atoms with van der Waals surface area (Å²) in [5, 5.41) is 20.1. The smallest absolute Gasteiger partial charge is 0.399 e. The molecule has 0 N–H and O–H groups in total. The van der Waals surface area contributed by atoms with E-state index < -0.39 is 23.7 Å². The quantitative estimate of drug-likeness (QED) is 0.109. The van der Waals surface area contributed by atoms with Gasteiger partial charge in [-0.2, -0.15) is 19.9 Å². The largest absolute Gasteiger partial charge is 0.494 e. The van der Waals surface area contributed by atoms with Crippen LogP contribution in [0, 0.1) is 6.92 Å². The maximum Gasteiger partial charge on any atom is 0.494 e. The summed E-state index contributed by atoms with van der Waals surface area (Å²) >= 11 is 0. The molecule has 146 heavy (non-hydrogen) atoms. The average molecular weight is 1870 g/mol. The Kier molecular flexibility index (Phi) is 18.9. The highest BCUT2D eigenvalue weighted by Crippen LogP contribution is 2.66. The van der Waals surface area contributed by atoms with E-state index in [1.54, 1.807) is 0 Å². The van der Waals surface area contributed by atoms with E-state index in [9.17, 15) is 0 Å². The van der Waals surface area contributed by atoms with Gasteiger partial charge in [0.2, 0.25) is 11.9 Å². The zero-order valence-electron chi connectivity index (χ0n) is 80.9. The molecule has 0 unspecified atom stereocenters. The van der Waals surface area contributed by atoms with Gasteiger partial charge in [-0.3, -0.25) is 9.13 Å². The summed E-state index contributed by atoms with van der Waals surface area (Å²) in [4.78, 5) is 30.6. The molecule has 1 saturated heterocycles. The van der Waals surface area contributed by atoms with Gasteiger partial charge in [0.25, 0.3) is 0 Å². The van der Waals surface area contributed by atoms with Gasteiger partial charge >= 0.3 is 7.12 Å². The molecular weight excluding hydrogens is 1780 g/mol. The van der Waals surface area contributed by atoms with Gasteiger partial charge in [-0.1, -0.05) is 406 Å². The monoisotopic (exact) mass is 1870 g/mol. The molecule has 5 heterocycles. The molecule has 0 radical (unpaired) electrons. The summed E-state index contributed by atoms with van der Waals surface area (Å²) in [6.07, 6.45) is 0. The Morgan fingerprint density at radius 3 is 0.856 bits per heavy atom. The van der Waals surface area contributed by atoms with Gasteiger partial charge in [-0.25, -0.2) is 9.97 Å². The van der Waals surface area contributed by atoms with Crippen LogP contribution in [0.3, 0.4) is 0 Å². The van der Waals surface area contributed by atoms with Gasteiger partial charge in [-0.15, -0.1) is 0 Å². The van der Waals surface area contributed by atoms with Crippen LogP contribution in [0.2, 0.25) is 0 Å². The van der Waals surface area contributed by atoms with Crippen molar-refractivity contribution in [2.75, 3.05) is 0 Å². The topological polar surface area (TPSA) is 106 Å². The number of hydrogen-bond acceptors (Lipinski definition) is 8. The summed E-state index contributed by atoms with van der Waals surface area (Å²) in [5.41, 5.74) is 32.4. The molecule has 686 valence electrons. The zero-order valence-corrected chi connectivity index (χ0v) is 80.9. The lowest BCUT2D eigenvalue weighted by molar-refractivity contribution is 0.00578. The van der Waals surface area contributed by atoms with Crippen molar-refractivity contribution in [3.05, 3.63) is 511 Å². The van der Waals surface area contributed by atoms with Gasteiger partial charge in [0.05, 0.1) is 44.1 Å². The molecule has 1 fully saturated rings. The molecule has 10 nitrogen and oxygen atoms in total. The summed E-state index contributed by atoms with van der Waals surface area (Å²) in [7, 11) is -0.475. The first kappa shape index (κ1) is 84.8. The minimum absolute atomic E-state index is 0.310. The van der Waals surface area contributed by atoms with E-state index in [-0.39, 0.29) is 5.41 Å². The van der Waals surface area contributed by atoms with Gasteiger partial charge in [0.15, 0.2) is 23.3 Å². The molecule has 2 spiro atoms. The Labute approximate surface area is 844 Å². The fraction of sp³-hybridized carbons (Fsp3) is 0.0667. The lowest BCUT2D eigenvalue weighted by Crippen LogP contribution is -2.41. The second-order valence-electron chi connectivity index (χ2n) is 40.4. The van der Waals surface area contributed by atoms with Crippen LogP contribution in [0.4, 0.5) is 0 Å². The molecule has 5 aliphatic rings. The number of benzene rings is 22. The number of fused-ring (bicyclic) bond motifs is 38. The zero-order chi connectivity index (χ0) is 97.0. The van der Waals surface area contributed by atoms with Crippen molar-refractivity contribution in [3.8, 4) is 113 Å². The first-order valence-corrected chi connectivity index (χ1v) is 50.4. The van der Waals surface area contributed by atoms with E-state index in [0.717, 1.165) is 82.5 Å². The van der Waals surface area contributed by atoms with Crippen LogP contribution in [0.25, 0.3) is 221 Å². The van der Waals surface area contributed by atoms with Crippen molar-refractivity contribution in [3.63, 3.8) is 0 Å². The Morgan fingerprint density at radius 1 is 0.192 bits per heavy atom. The summed E-state index contributed by atoms with van der Waals surface area (Å²) < 4.78 is 17.0. The lowest BCUT2D eigenvalue weighted by atomic mass is 9.70. The Hall–Kier alpha value is -18.0. The van der Waals surface area contributed by atoms with Crippen molar-refractivity contribution in [1.82, 2.24) is 39.0 Å². The number of hydrogen-bond donors (Lipinski definition) is 0. The third-order valence-corrected chi connectivity index (χ3v) is 32.1. The minimum atomic E-state index is -0.475. The Balaban J connectivity index is 0.000000111. The van der Waals surface area contributed by atoms with Gasteiger partial charge in [0.1, 0.15) is 0 Å². The van der Waals surface area contributed by atoms with E-state index in [1.165, 1.54) is 159 Å². The second-order valence-corrected chi connectivity index (χ2v) is 40.4. The predicted octanol–water partition coefficient (Wildman–Crippen LogP) is 32.2. The second kappa shape index (κ2) is 32.5. The van der Waals surface area contributed by atoms with E-state index in [0.29, 0.717) is 35.2 Å². The number of rotatable bonds is 8. The number of nitrogens with zero attached hydrogens (tertiary/aromatic N) is 8. The van der Waals surface area contributed by atoms with Crippen LogP contribution in [0.1, 0.15) is 77.8 Å². The molecule has 31 rings (SSSR count).